The molecule has 0 aliphatic carbocycles. The van der Waals surface area contributed by atoms with Gasteiger partial charge in [-0.05, 0) is 41.8 Å². The molecule has 0 atom stereocenters. The number of ether oxygens (including phenoxy) is 1. The lowest BCUT2D eigenvalue weighted by molar-refractivity contribution is -0.123. The van der Waals surface area contributed by atoms with Crippen LogP contribution in [-0.2, 0) is 11.2 Å². The highest BCUT2D eigenvalue weighted by molar-refractivity contribution is 9.10. The Kier molecular flexibility index (Phi) is 7.23. The lowest BCUT2D eigenvalue weighted by Crippen LogP contribution is -2.24. The van der Waals surface area contributed by atoms with E-state index in [0.29, 0.717) is 5.75 Å². The van der Waals surface area contributed by atoms with Crippen LogP contribution in [0.15, 0.2) is 64.2 Å². The molecule has 0 fully saturated rings. The molecule has 1 amide bonds. The fourth-order valence-electron chi connectivity index (χ4n) is 2.01. The Balaban J connectivity index is 1.77. The third-order valence-corrected chi connectivity index (χ3v) is 3.69. The Morgan fingerprint density at radius 2 is 2.04 bits per heavy atom. The molecule has 0 aliphatic rings. The van der Waals surface area contributed by atoms with Crippen molar-refractivity contribution in [3.05, 3.63) is 70.2 Å². The SMILES string of the molecule is CCc1cc(Br)ccc1OCC(=O)N/N=C/C=C/c1ccccc1. The predicted octanol–water partition coefficient (Wildman–Crippen LogP) is 4.21. The van der Waals surface area contributed by atoms with Crippen molar-refractivity contribution < 1.29 is 9.53 Å². The van der Waals surface area contributed by atoms with E-state index in [1.165, 1.54) is 6.21 Å². The second-order valence-electron chi connectivity index (χ2n) is 4.98. The van der Waals surface area contributed by atoms with Crippen molar-refractivity contribution in [3.63, 3.8) is 0 Å². The summed E-state index contributed by atoms with van der Waals surface area (Å²) in [5, 5.41) is 3.86. The second-order valence-corrected chi connectivity index (χ2v) is 5.89. The summed E-state index contributed by atoms with van der Waals surface area (Å²) >= 11 is 3.42. The van der Waals surface area contributed by atoms with E-state index >= 15 is 0 Å². The Morgan fingerprint density at radius 1 is 1.25 bits per heavy atom. The highest BCUT2D eigenvalue weighted by Crippen LogP contribution is 2.23. The Morgan fingerprint density at radius 3 is 2.79 bits per heavy atom. The number of allylic oxidation sites excluding steroid dienone is 1. The quantitative estimate of drug-likeness (QED) is 0.572. The smallest absolute Gasteiger partial charge is 0.277 e. The normalized spacial score (nSPS) is 11.1. The van der Waals surface area contributed by atoms with Crippen molar-refractivity contribution in [1.29, 1.82) is 0 Å². The molecule has 2 rings (SSSR count). The lowest BCUT2D eigenvalue weighted by atomic mass is 10.1. The number of amides is 1. The summed E-state index contributed by atoms with van der Waals surface area (Å²) in [6, 6.07) is 15.6. The molecule has 0 spiro atoms. The van der Waals surface area contributed by atoms with E-state index in [-0.39, 0.29) is 12.5 Å². The Labute approximate surface area is 150 Å². The standard InChI is InChI=1S/C19H19BrN2O2/c1-2-16-13-17(20)10-11-18(16)24-14-19(23)22-21-12-6-9-15-7-4-3-5-8-15/h3-13H,2,14H2,1H3,(H,22,23)/b9-6+,21-12+. The summed E-state index contributed by atoms with van der Waals surface area (Å²) in [5.41, 5.74) is 4.55. The second kappa shape index (κ2) is 9.67. The molecule has 5 heteroatoms. The number of hydrogen-bond acceptors (Lipinski definition) is 3. The monoisotopic (exact) mass is 386 g/mol. The van der Waals surface area contributed by atoms with Gasteiger partial charge in [0.05, 0.1) is 0 Å². The summed E-state index contributed by atoms with van der Waals surface area (Å²) < 4.78 is 6.54. The van der Waals surface area contributed by atoms with Crippen molar-refractivity contribution in [3.8, 4) is 5.75 Å². The number of hydrogen-bond donors (Lipinski definition) is 1. The third-order valence-electron chi connectivity index (χ3n) is 3.20. The predicted molar refractivity (Wildman–Crippen MR) is 101 cm³/mol. The van der Waals surface area contributed by atoms with Crippen LogP contribution < -0.4 is 10.2 Å². The molecule has 2 aromatic rings. The molecule has 1 N–H and O–H groups in total. The molecule has 2 aromatic carbocycles. The van der Waals surface area contributed by atoms with Gasteiger partial charge in [-0.15, -0.1) is 0 Å². The van der Waals surface area contributed by atoms with Crippen LogP contribution in [0.25, 0.3) is 6.08 Å². The molecule has 0 unspecified atom stereocenters. The maximum absolute atomic E-state index is 11.7. The summed E-state index contributed by atoms with van der Waals surface area (Å²) in [5.74, 6) is 0.410. The summed E-state index contributed by atoms with van der Waals surface area (Å²) in [6.45, 7) is 1.96. The van der Waals surface area contributed by atoms with Crippen LogP contribution in [-0.4, -0.2) is 18.7 Å². The molecular formula is C19H19BrN2O2. The van der Waals surface area contributed by atoms with Crippen LogP contribution in [0.4, 0.5) is 0 Å². The first-order chi connectivity index (χ1) is 11.7. The van der Waals surface area contributed by atoms with Gasteiger partial charge in [-0.25, -0.2) is 5.43 Å². The van der Waals surface area contributed by atoms with Crippen molar-refractivity contribution in [2.45, 2.75) is 13.3 Å². The van der Waals surface area contributed by atoms with Gasteiger partial charge < -0.3 is 4.74 Å². The van der Waals surface area contributed by atoms with Crippen LogP contribution in [0.3, 0.4) is 0 Å². The summed E-state index contributed by atoms with van der Waals surface area (Å²) in [4.78, 5) is 11.7. The minimum Gasteiger partial charge on any atom is -0.483 e. The molecule has 0 aliphatic heterocycles. The minimum atomic E-state index is -0.302. The molecule has 0 aromatic heterocycles. The van der Waals surface area contributed by atoms with Crippen LogP contribution in [0.2, 0.25) is 0 Å². The number of rotatable bonds is 7. The van der Waals surface area contributed by atoms with Gasteiger partial charge in [0.1, 0.15) is 5.75 Å². The lowest BCUT2D eigenvalue weighted by Gasteiger charge is -2.09. The van der Waals surface area contributed by atoms with E-state index in [1.807, 2.05) is 61.5 Å². The third kappa shape index (κ3) is 6.01. The van der Waals surface area contributed by atoms with Crippen LogP contribution >= 0.6 is 15.9 Å². The molecule has 0 saturated heterocycles. The highest BCUT2D eigenvalue weighted by atomic mass is 79.9. The first kappa shape index (κ1) is 17.9. The highest BCUT2D eigenvalue weighted by Gasteiger charge is 2.05. The number of carbonyl (C=O) groups excluding carboxylic acids is 1. The van der Waals surface area contributed by atoms with Crippen molar-refractivity contribution >= 4 is 34.1 Å². The number of nitrogens with one attached hydrogen (secondary N) is 1. The van der Waals surface area contributed by atoms with Crippen molar-refractivity contribution in [2.75, 3.05) is 6.61 Å². The molecule has 0 bridgehead atoms. The van der Waals surface area contributed by atoms with Gasteiger partial charge in [-0.1, -0.05) is 59.3 Å². The number of benzene rings is 2. The van der Waals surface area contributed by atoms with Crippen LogP contribution in [0.5, 0.6) is 5.75 Å². The number of nitrogens with zero attached hydrogens (tertiary/aromatic N) is 1. The van der Waals surface area contributed by atoms with Gasteiger partial charge in [0, 0.05) is 10.7 Å². The molecule has 0 saturated carbocycles. The van der Waals surface area contributed by atoms with Gasteiger partial charge in [-0.3, -0.25) is 4.79 Å². The van der Waals surface area contributed by atoms with Crippen LogP contribution in [0.1, 0.15) is 18.1 Å². The number of carbonyl (C=O) groups is 1. The Hall–Kier alpha value is -2.40. The zero-order chi connectivity index (χ0) is 17.2. The maximum Gasteiger partial charge on any atom is 0.277 e. The van der Waals surface area contributed by atoms with E-state index in [4.69, 9.17) is 4.74 Å². The average Bonchev–Trinajstić information content (AvgIpc) is 2.61. The van der Waals surface area contributed by atoms with Gasteiger partial charge >= 0.3 is 0 Å². The Bertz CT molecular complexity index is 727. The fraction of sp³-hybridized carbons (Fsp3) is 0.158. The number of hydrazone groups is 1. The maximum atomic E-state index is 11.7. The summed E-state index contributed by atoms with van der Waals surface area (Å²) in [6.07, 6.45) is 6.03. The molecular weight excluding hydrogens is 368 g/mol. The van der Waals surface area contributed by atoms with Crippen LogP contribution in [0, 0.1) is 0 Å². The van der Waals surface area contributed by atoms with E-state index in [0.717, 1.165) is 22.0 Å². The largest absolute Gasteiger partial charge is 0.483 e. The van der Waals surface area contributed by atoms with Gasteiger partial charge in [0.2, 0.25) is 0 Å². The molecule has 0 heterocycles. The zero-order valence-corrected chi connectivity index (χ0v) is 15.0. The van der Waals surface area contributed by atoms with E-state index in [1.54, 1.807) is 6.08 Å². The first-order valence-electron chi connectivity index (χ1n) is 7.64. The minimum absolute atomic E-state index is 0.0750. The number of aryl methyl sites for hydroxylation is 1. The van der Waals surface area contributed by atoms with E-state index < -0.39 is 0 Å². The van der Waals surface area contributed by atoms with Gasteiger partial charge in [0.15, 0.2) is 6.61 Å². The first-order valence-corrected chi connectivity index (χ1v) is 8.43. The van der Waals surface area contributed by atoms with Gasteiger partial charge in [-0.2, -0.15) is 5.10 Å². The van der Waals surface area contributed by atoms with Gasteiger partial charge in [0.25, 0.3) is 5.91 Å². The fourth-order valence-corrected chi connectivity index (χ4v) is 2.42. The molecule has 0 radical (unpaired) electrons. The van der Waals surface area contributed by atoms with E-state index in [2.05, 4.69) is 26.5 Å². The van der Waals surface area contributed by atoms with Crippen molar-refractivity contribution in [2.24, 2.45) is 5.10 Å². The molecule has 4 nitrogen and oxygen atoms in total. The number of halogens is 1. The average molecular weight is 387 g/mol. The molecule has 24 heavy (non-hydrogen) atoms. The topological polar surface area (TPSA) is 50.7 Å². The summed E-state index contributed by atoms with van der Waals surface area (Å²) in [7, 11) is 0. The van der Waals surface area contributed by atoms with E-state index in [9.17, 15) is 4.79 Å². The zero-order valence-electron chi connectivity index (χ0n) is 13.4. The van der Waals surface area contributed by atoms with Crippen molar-refractivity contribution in [1.82, 2.24) is 5.43 Å². The molecule has 124 valence electrons.